The van der Waals surface area contributed by atoms with E-state index in [9.17, 15) is 30.4 Å². The van der Waals surface area contributed by atoms with Gasteiger partial charge in [-0.1, -0.05) is 18.2 Å². The predicted octanol–water partition coefficient (Wildman–Crippen LogP) is 4.98. The van der Waals surface area contributed by atoms with Crippen molar-refractivity contribution in [2.24, 2.45) is 0 Å². The Morgan fingerprint density at radius 2 is 1.36 bits per heavy atom. The summed E-state index contributed by atoms with van der Waals surface area (Å²) in [7, 11) is -7.69. The summed E-state index contributed by atoms with van der Waals surface area (Å²) in [6.07, 6.45) is 1.01. The van der Waals surface area contributed by atoms with Crippen LogP contribution in [0.25, 0.3) is 0 Å². The molecule has 202 valence electrons. The number of sulfonamides is 2. The van der Waals surface area contributed by atoms with Gasteiger partial charge in [0, 0.05) is 22.5 Å². The molecule has 0 aliphatic rings. The smallest absolute Gasteiger partial charge is 0.261 e. The number of hydrogen-bond acceptors (Lipinski definition) is 5. The Bertz CT molecular complexity index is 1690. The molecule has 0 aromatic heterocycles. The van der Waals surface area contributed by atoms with Crippen molar-refractivity contribution in [2.45, 2.75) is 11.4 Å². The number of hydrogen-bond donors (Lipinski definition) is 2. The second-order valence-electron chi connectivity index (χ2n) is 8.50. The number of halogens is 2. The van der Waals surface area contributed by atoms with Gasteiger partial charge in [0.15, 0.2) is 0 Å². The van der Waals surface area contributed by atoms with Gasteiger partial charge in [-0.05, 0) is 78.9 Å². The third-order valence-corrected chi connectivity index (χ3v) is 8.15. The minimum Gasteiger partial charge on any atom is -0.322 e. The van der Waals surface area contributed by atoms with E-state index in [0.29, 0.717) is 5.69 Å². The van der Waals surface area contributed by atoms with Gasteiger partial charge in [0.05, 0.1) is 23.4 Å². The highest BCUT2D eigenvalue weighted by Gasteiger charge is 2.20. The molecule has 0 unspecified atom stereocenters. The summed E-state index contributed by atoms with van der Waals surface area (Å²) in [5.74, 6) is -1.54. The van der Waals surface area contributed by atoms with Gasteiger partial charge in [-0.2, -0.15) is 0 Å². The molecule has 0 aliphatic heterocycles. The first-order valence-corrected chi connectivity index (χ1v) is 14.8. The van der Waals surface area contributed by atoms with E-state index in [1.165, 1.54) is 78.9 Å². The highest BCUT2D eigenvalue weighted by atomic mass is 32.2. The van der Waals surface area contributed by atoms with Crippen LogP contribution in [0.3, 0.4) is 0 Å². The standard InChI is InChI=1S/C27H23F2N3O5S2/c1-38(34,35)32(18-20-4-2-3-5-26(20)29)24-14-6-19(7-15-24)27(33)30-22-12-16-25(17-13-22)39(36,37)31-23-10-8-21(28)9-11-23/h2-17,31H,18H2,1H3,(H,30,33). The van der Waals surface area contributed by atoms with Crippen molar-refractivity contribution in [3.63, 3.8) is 0 Å². The summed E-state index contributed by atoms with van der Waals surface area (Å²) in [5, 5.41) is 2.64. The molecule has 0 atom stereocenters. The number of anilines is 3. The van der Waals surface area contributed by atoms with Crippen molar-refractivity contribution in [3.8, 4) is 0 Å². The molecule has 0 saturated carbocycles. The molecule has 0 spiro atoms. The van der Waals surface area contributed by atoms with E-state index >= 15 is 0 Å². The lowest BCUT2D eigenvalue weighted by Gasteiger charge is -2.23. The summed E-state index contributed by atoms with van der Waals surface area (Å²) in [6, 6.07) is 21.8. The van der Waals surface area contributed by atoms with Crippen LogP contribution in [0.5, 0.6) is 0 Å². The Kier molecular flexibility index (Phi) is 7.98. The number of rotatable bonds is 9. The fourth-order valence-corrected chi connectivity index (χ4v) is 5.55. The second kappa shape index (κ2) is 11.2. The summed E-state index contributed by atoms with van der Waals surface area (Å²) in [4.78, 5) is 12.7. The van der Waals surface area contributed by atoms with Crippen LogP contribution in [0.15, 0.2) is 102 Å². The molecule has 0 heterocycles. The Morgan fingerprint density at radius 1 is 0.769 bits per heavy atom. The van der Waals surface area contributed by atoms with Gasteiger partial charge in [-0.25, -0.2) is 25.6 Å². The summed E-state index contributed by atoms with van der Waals surface area (Å²) < 4.78 is 80.5. The minimum atomic E-state index is -3.94. The first-order valence-electron chi connectivity index (χ1n) is 11.4. The summed E-state index contributed by atoms with van der Waals surface area (Å²) in [5.41, 5.74) is 1.18. The molecular formula is C27H23F2N3O5S2. The van der Waals surface area contributed by atoms with Gasteiger partial charge in [-0.15, -0.1) is 0 Å². The van der Waals surface area contributed by atoms with Crippen LogP contribution >= 0.6 is 0 Å². The molecule has 0 saturated heterocycles. The maximum absolute atomic E-state index is 14.1. The van der Waals surface area contributed by atoms with Crippen LogP contribution in [0, 0.1) is 11.6 Å². The van der Waals surface area contributed by atoms with E-state index in [0.717, 1.165) is 22.7 Å². The molecule has 0 aliphatic carbocycles. The highest BCUT2D eigenvalue weighted by molar-refractivity contribution is 7.92. The van der Waals surface area contributed by atoms with Crippen LogP contribution < -0.4 is 14.3 Å². The number of nitrogens with zero attached hydrogens (tertiary/aromatic N) is 1. The van der Waals surface area contributed by atoms with Crippen molar-refractivity contribution in [3.05, 3.63) is 120 Å². The van der Waals surface area contributed by atoms with E-state index in [-0.39, 0.29) is 33.9 Å². The zero-order valence-electron chi connectivity index (χ0n) is 20.5. The van der Waals surface area contributed by atoms with Gasteiger partial charge in [0.2, 0.25) is 10.0 Å². The SMILES string of the molecule is CS(=O)(=O)N(Cc1ccccc1F)c1ccc(C(=O)Nc2ccc(S(=O)(=O)Nc3ccc(F)cc3)cc2)cc1. The molecular weight excluding hydrogens is 548 g/mol. The number of benzene rings is 4. The van der Waals surface area contributed by atoms with E-state index in [2.05, 4.69) is 10.0 Å². The maximum atomic E-state index is 14.1. The number of amides is 1. The van der Waals surface area contributed by atoms with E-state index in [1.807, 2.05) is 0 Å². The molecule has 2 N–H and O–H groups in total. The van der Waals surface area contributed by atoms with Gasteiger partial charge < -0.3 is 5.32 Å². The molecule has 1 amide bonds. The average Bonchev–Trinajstić information content (AvgIpc) is 2.89. The number of nitrogens with one attached hydrogen (secondary N) is 2. The van der Waals surface area contributed by atoms with Crippen molar-refractivity contribution in [2.75, 3.05) is 20.6 Å². The Labute approximate surface area is 225 Å². The van der Waals surface area contributed by atoms with Gasteiger partial charge in [0.1, 0.15) is 11.6 Å². The molecule has 8 nitrogen and oxygen atoms in total. The highest BCUT2D eigenvalue weighted by Crippen LogP contribution is 2.23. The lowest BCUT2D eigenvalue weighted by atomic mass is 10.1. The van der Waals surface area contributed by atoms with Crippen LogP contribution in [-0.4, -0.2) is 29.0 Å². The van der Waals surface area contributed by atoms with Crippen molar-refractivity contribution < 1.29 is 30.4 Å². The first-order chi connectivity index (χ1) is 18.4. The topological polar surface area (TPSA) is 113 Å². The van der Waals surface area contributed by atoms with Crippen LogP contribution in [0.4, 0.5) is 25.8 Å². The molecule has 4 aromatic carbocycles. The number of carbonyl (C=O) groups is 1. The van der Waals surface area contributed by atoms with Crippen molar-refractivity contribution >= 4 is 43.0 Å². The molecule has 0 bridgehead atoms. The van der Waals surface area contributed by atoms with E-state index in [1.54, 1.807) is 6.07 Å². The molecule has 0 fully saturated rings. The third-order valence-electron chi connectivity index (χ3n) is 5.61. The van der Waals surface area contributed by atoms with Crippen LogP contribution in [-0.2, 0) is 26.6 Å². The Hall–Kier alpha value is -4.29. The lowest BCUT2D eigenvalue weighted by Crippen LogP contribution is -2.29. The normalized spacial score (nSPS) is 11.6. The average molecular weight is 572 g/mol. The van der Waals surface area contributed by atoms with Gasteiger partial charge in [-0.3, -0.25) is 13.8 Å². The van der Waals surface area contributed by atoms with E-state index in [4.69, 9.17) is 0 Å². The largest absolute Gasteiger partial charge is 0.322 e. The summed E-state index contributed by atoms with van der Waals surface area (Å²) in [6.45, 7) is -0.220. The zero-order chi connectivity index (χ0) is 28.2. The zero-order valence-corrected chi connectivity index (χ0v) is 22.1. The quantitative estimate of drug-likeness (QED) is 0.294. The minimum absolute atomic E-state index is 0.0649. The van der Waals surface area contributed by atoms with E-state index < -0.39 is 37.6 Å². The van der Waals surface area contributed by atoms with Crippen molar-refractivity contribution in [1.29, 1.82) is 0 Å². The fourth-order valence-electron chi connectivity index (χ4n) is 3.61. The van der Waals surface area contributed by atoms with Crippen LogP contribution in [0.2, 0.25) is 0 Å². The first kappa shape index (κ1) is 27.7. The predicted molar refractivity (Wildman–Crippen MR) is 145 cm³/mol. The van der Waals surface area contributed by atoms with Gasteiger partial charge in [0.25, 0.3) is 15.9 Å². The second-order valence-corrected chi connectivity index (χ2v) is 12.1. The molecule has 39 heavy (non-hydrogen) atoms. The third kappa shape index (κ3) is 6.98. The number of carbonyl (C=O) groups excluding carboxylic acids is 1. The van der Waals surface area contributed by atoms with Crippen molar-refractivity contribution in [1.82, 2.24) is 0 Å². The Morgan fingerprint density at radius 3 is 1.95 bits per heavy atom. The fraction of sp³-hybridized carbons (Fsp3) is 0.0741. The lowest BCUT2D eigenvalue weighted by molar-refractivity contribution is 0.102. The molecule has 12 heteroatoms. The molecule has 4 aromatic rings. The maximum Gasteiger partial charge on any atom is 0.261 e. The van der Waals surface area contributed by atoms with Crippen LogP contribution in [0.1, 0.15) is 15.9 Å². The Balaban J connectivity index is 1.45. The molecule has 4 rings (SSSR count). The molecule has 0 radical (unpaired) electrons. The van der Waals surface area contributed by atoms with Gasteiger partial charge >= 0.3 is 0 Å². The summed E-state index contributed by atoms with van der Waals surface area (Å²) >= 11 is 0. The monoisotopic (exact) mass is 571 g/mol.